The van der Waals surface area contributed by atoms with Crippen molar-refractivity contribution in [3.05, 3.63) is 53.9 Å². The van der Waals surface area contributed by atoms with E-state index in [1.807, 2.05) is 6.92 Å². The molecule has 0 radical (unpaired) electrons. The number of aliphatic hydroxyl groups is 1. The van der Waals surface area contributed by atoms with Crippen LogP contribution in [0.5, 0.6) is 5.75 Å². The molecule has 0 unspecified atom stereocenters. The molecule has 1 aliphatic carbocycles. The molecule has 9 heteroatoms. The van der Waals surface area contributed by atoms with E-state index in [0.717, 1.165) is 12.8 Å². The molecule has 0 saturated heterocycles. The Morgan fingerprint density at radius 1 is 1.34 bits per heavy atom. The fourth-order valence-electron chi connectivity index (χ4n) is 4.00. The van der Waals surface area contributed by atoms with Crippen LogP contribution >= 0.6 is 0 Å². The number of pyridine rings is 1. The fourth-order valence-corrected chi connectivity index (χ4v) is 5.82. The number of hydrogen-bond donors (Lipinski definition) is 1. The van der Waals surface area contributed by atoms with Crippen LogP contribution in [0.4, 0.5) is 0 Å². The highest BCUT2D eigenvalue weighted by atomic mass is 32.2. The van der Waals surface area contributed by atoms with Gasteiger partial charge in [0.05, 0.1) is 18.7 Å². The summed E-state index contributed by atoms with van der Waals surface area (Å²) in [5.41, 5.74) is 1.14. The molecule has 186 valence electrons. The number of aliphatic hydroxyl groups excluding tert-OH is 1. The first-order valence-corrected chi connectivity index (χ1v) is 13.2. The summed E-state index contributed by atoms with van der Waals surface area (Å²) in [6.45, 7) is 3.65. The van der Waals surface area contributed by atoms with Crippen molar-refractivity contribution >= 4 is 15.9 Å². The third kappa shape index (κ3) is 5.67. The van der Waals surface area contributed by atoms with Gasteiger partial charge in [-0.2, -0.15) is 4.31 Å². The molecule has 3 atom stereocenters. The van der Waals surface area contributed by atoms with Gasteiger partial charge in [0.1, 0.15) is 16.7 Å². The van der Waals surface area contributed by atoms with Gasteiger partial charge in [-0.1, -0.05) is 18.8 Å². The van der Waals surface area contributed by atoms with Gasteiger partial charge in [-0.05, 0) is 50.1 Å². The van der Waals surface area contributed by atoms with Crippen molar-refractivity contribution in [2.75, 3.05) is 26.7 Å². The molecule has 2 heterocycles. The number of ether oxygens (including phenoxy) is 1. The van der Waals surface area contributed by atoms with E-state index in [1.54, 1.807) is 49.3 Å². The predicted octanol–water partition coefficient (Wildman–Crippen LogP) is 2.38. The summed E-state index contributed by atoms with van der Waals surface area (Å²) in [5.74, 6) is 6.46. The van der Waals surface area contributed by atoms with Crippen LogP contribution in [0.3, 0.4) is 0 Å². The number of sulfonamides is 1. The first kappa shape index (κ1) is 25.2. The number of amides is 1. The average molecular weight is 498 g/mol. The Kier molecular flexibility index (Phi) is 7.45. The minimum Gasteiger partial charge on any atom is -0.487 e. The highest BCUT2D eigenvalue weighted by Gasteiger charge is 2.38. The quantitative estimate of drug-likeness (QED) is 0.637. The zero-order valence-electron chi connectivity index (χ0n) is 20.2. The molecule has 1 saturated carbocycles. The second-order valence-corrected chi connectivity index (χ2v) is 11.2. The Hall–Kier alpha value is -2.93. The lowest BCUT2D eigenvalue weighted by Gasteiger charge is -2.37. The Morgan fingerprint density at radius 3 is 2.77 bits per heavy atom. The van der Waals surface area contributed by atoms with Crippen LogP contribution in [-0.2, 0) is 10.0 Å². The van der Waals surface area contributed by atoms with Crippen molar-refractivity contribution < 1.29 is 23.1 Å². The summed E-state index contributed by atoms with van der Waals surface area (Å²) >= 11 is 0. The van der Waals surface area contributed by atoms with Crippen molar-refractivity contribution in [1.82, 2.24) is 14.2 Å². The molecule has 8 nitrogen and oxygen atoms in total. The summed E-state index contributed by atoms with van der Waals surface area (Å²) in [6, 6.07) is 7.67. The van der Waals surface area contributed by atoms with E-state index in [0.29, 0.717) is 17.0 Å². The molecule has 1 fully saturated rings. The van der Waals surface area contributed by atoms with Crippen LogP contribution in [0, 0.1) is 23.7 Å². The van der Waals surface area contributed by atoms with Crippen LogP contribution < -0.4 is 4.74 Å². The van der Waals surface area contributed by atoms with Gasteiger partial charge in [-0.15, -0.1) is 0 Å². The topological polar surface area (TPSA) is 100 Å². The van der Waals surface area contributed by atoms with Gasteiger partial charge in [-0.3, -0.25) is 9.78 Å². The third-order valence-electron chi connectivity index (χ3n) is 6.37. The number of benzene rings is 1. The average Bonchev–Trinajstić information content (AvgIpc) is 3.69. The van der Waals surface area contributed by atoms with Crippen molar-refractivity contribution in [2.45, 2.75) is 43.7 Å². The molecule has 35 heavy (non-hydrogen) atoms. The number of nitrogens with zero attached hydrogens (tertiary/aromatic N) is 3. The maximum absolute atomic E-state index is 13.6. The van der Waals surface area contributed by atoms with Crippen LogP contribution in [0.15, 0.2) is 47.6 Å². The van der Waals surface area contributed by atoms with E-state index in [4.69, 9.17) is 4.74 Å². The van der Waals surface area contributed by atoms with Gasteiger partial charge in [0.2, 0.25) is 10.0 Å². The molecule has 2 aromatic rings. The number of rotatable bonds is 5. The number of aromatic nitrogens is 1. The highest BCUT2D eigenvalue weighted by Crippen LogP contribution is 2.34. The van der Waals surface area contributed by atoms with Crippen molar-refractivity contribution in [2.24, 2.45) is 11.8 Å². The molecule has 1 aromatic heterocycles. The number of fused-ring (bicyclic) bond motifs is 1. The Morgan fingerprint density at radius 2 is 2.11 bits per heavy atom. The molecule has 1 N–H and O–H groups in total. The largest absolute Gasteiger partial charge is 0.487 e. The van der Waals surface area contributed by atoms with Crippen LogP contribution in [0.1, 0.15) is 42.6 Å². The van der Waals surface area contributed by atoms with Crippen molar-refractivity contribution in [1.29, 1.82) is 0 Å². The van der Waals surface area contributed by atoms with Gasteiger partial charge in [-0.25, -0.2) is 8.42 Å². The summed E-state index contributed by atoms with van der Waals surface area (Å²) in [6.07, 6.45) is 4.81. The van der Waals surface area contributed by atoms with Crippen LogP contribution in [0.25, 0.3) is 0 Å². The predicted molar refractivity (Wildman–Crippen MR) is 131 cm³/mol. The molecule has 0 bridgehead atoms. The highest BCUT2D eigenvalue weighted by molar-refractivity contribution is 7.89. The second-order valence-electron chi connectivity index (χ2n) is 9.37. The Labute approximate surface area is 207 Å². The minimum absolute atomic E-state index is 0.0351. The third-order valence-corrected chi connectivity index (χ3v) is 8.39. The molecule has 2 aliphatic rings. The lowest BCUT2D eigenvalue weighted by atomic mass is 10.0. The maximum Gasteiger partial charge on any atom is 0.255 e. The first-order valence-electron chi connectivity index (χ1n) is 11.8. The first-order chi connectivity index (χ1) is 16.7. The Balaban J connectivity index is 1.69. The van der Waals surface area contributed by atoms with E-state index in [1.165, 1.54) is 16.6 Å². The van der Waals surface area contributed by atoms with E-state index in [9.17, 15) is 18.3 Å². The smallest absolute Gasteiger partial charge is 0.255 e. The lowest BCUT2D eigenvalue weighted by molar-refractivity contribution is 0.0563. The van der Waals surface area contributed by atoms with Crippen molar-refractivity contribution in [3.63, 3.8) is 0 Å². The molecule has 1 amide bonds. The molecule has 0 spiro atoms. The molecule has 1 aliphatic heterocycles. The van der Waals surface area contributed by atoms with Gasteiger partial charge < -0.3 is 14.7 Å². The summed E-state index contributed by atoms with van der Waals surface area (Å²) in [4.78, 5) is 18.5. The van der Waals surface area contributed by atoms with Crippen molar-refractivity contribution in [3.8, 4) is 17.6 Å². The fraction of sp³-hybridized carbons (Fsp3) is 0.462. The molecular formula is C26H31N3O5S. The normalized spacial score (nSPS) is 22.4. The lowest BCUT2D eigenvalue weighted by Crippen LogP contribution is -2.50. The monoisotopic (exact) mass is 497 g/mol. The van der Waals surface area contributed by atoms with E-state index < -0.39 is 22.2 Å². The molecule has 1 aromatic carbocycles. The zero-order valence-corrected chi connectivity index (χ0v) is 21.0. The molecule has 4 rings (SSSR count). The minimum atomic E-state index is -3.92. The number of carbonyl (C=O) groups is 1. The summed E-state index contributed by atoms with van der Waals surface area (Å²) in [7, 11) is -2.23. The van der Waals surface area contributed by atoms with Gasteiger partial charge >= 0.3 is 0 Å². The number of carbonyl (C=O) groups excluding carboxylic acids is 1. The van der Waals surface area contributed by atoms with Crippen LogP contribution in [0.2, 0.25) is 0 Å². The van der Waals surface area contributed by atoms with E-state index in [-0.39, 0.29) is 42.2 Å². The zero-order chi connectivity index (χ0) is 25.2. The second kappa shape index (κ2) is 10.4. The standard InChI is InChI=1S/C26H31N3O5S/c1-18-15-29(19(2)17-30)35(32,33)25-11-10-21(9-8-20-6-7-20)13-23(25)34-24(18)16-28(3)26(31)22-5-4-12-27-14-22/h4-5,10-14,18-20,24,30H,6-7,15-17H2,1-3H3/t18-,19+,24-/m1/s1. The van der Waals surface area contributed by atoms with Gasteiger partial charge in [0.25, 0.3) is 5.91 Å². The summed E-state index contributed by atoms with van der Waals surface area (Å²) < 4.78 is 34.8. The maximum atomic E-state index is 13.6. The number of hydrogen-bond acceptors (Lipinski definition) is 6. The summed E-state index contributed by atoms with van der Waals surface area (Å²) in [5, 5.41) is 9.78. The Bertz CT molecular complexity index is 1230. The number of likely N-dealkylation sites (N-methyl/N-ethyl adjacent to an activating group) is 1. The molecular weight excluding hydrogens is 466 g/mol. The van der Waals surface area contributed by atoms with Gasteiger partial charge in [0.15, 0.2) is 0 Å². The van der Waals surface area contributed by atoms with Gasteiger partial charge in [0, 0.05) is 49.4 Å². The SMILES string of the molecule is C[C@@H]1CN([C@@H](C)CO)S(=O)(=O)c2ccc(C#CC3CC3)cc2O[C@@H]1CN(C)C(=O)c1cccnc1. The van der Waals surface area contributed by atoms with E-state index >= 15 is 0 Å². The van der Waals surface area contributed by atoms with E-state index in [2.05, 4.69) is 16.8 Å². The van der Waals surface area contributed by atoms with Crippen LogP contribution in [-0.4, -0.2) is 72.5 Å².